The number of hydrogen-bond acceptors (Lipinski definition) is 6. The summed E-state index contributed by atoms with van der Waals surface area (Å²) in [6.07, 6.45) is -0.540. The number of hydrogen-bond donors (Lipinski definition) is 2. The molecule has 0 radical (unpaired) electrons. The van der Waals surface area contributed by atoms with E-state index in [1.807, 2.05) is 31.2 Å². The van der Waals surface area contributed by atoms with Gasteiger partial charge < -0.3 is 29.4 Å². The van der Waals surface area contributed by atoms with E-state index in [1.165, 1.54) is 6.08 Å². The molecule has 4 aliphatic rings. The highest BCUT2D eigenvalue weighted by atomic mass is 16.9. The molecule has 32 heavy (non-hydrogen) atoms. The zero-order valence-electron chi connectivity index (χ0n) is 18.0. The third-order valence-corrected chi connectivity index (χ3v) is 6.45. The van der Waals surface area contributed by atoms with Gasteiger partial charge in [0.15, 0.2) is 0 Å². The summed E-state index contributed by atoms with van der Waals surface area (Å²) in [4.78, 5) is 12.8. The number of carbonyl (C=O) groups excluding carboxylic acids is 1. The first-order valence-electron chi connectivity index (χ1n) is 10.8. The summed E-state index contributed by atoms with van der Waals surface area (Å²) in [5, 5.41) is 13.2. The maximum Gasteiger partial charge on any atom is 0.407 e. The normalized spacial score (nSPS) is 27.8. The van der Waals surface area contributed by atoms with Crippen LogP contribution in [0.4, 0.5) is 4.79 Å². The number of aliphatic hydroxyl groups is 1. The minimum Gasteiger partial charge on any atom is -0.449 e. The van der Waals surface area contributed by atoms with Crippen LogP contribution in [0.5, 0.6) is 0 Å². The first-order chi connectivity index (χ1) is 15.4. The minimum absolute atomic E-state index is 0.0668. The van der Waals surface area contributed by atoms with Crippen molar-refractivity contribution in [2.75, 3.05) is 26.4 Å². The Morgan fingerprint density at radius 1 is 1.12 bits per heavy atom. The third kappa shape index (κ3) is 3.51. The van der Waals surface area contributed by atoms with Crippen LogP contribution in [0.1, 0.15) is 24.0 Å². The molecule has 2 aromatic carbocycles. The van der Waals surface area contributed by atoms with Gasteiger partial charge in [0.1, 0.15) is 18.8 Å². The topological polar surface area (TPSA) is 86.3 Å². The lowest BCUT2D eigenvalue weighted by molar-refractivity contribution is -0.476. The second-order valence-electron chi connectivity index (χ2n) is 8.95. The van der Waals surface area contributed by atoms with Gasteiger partial charge >= 0.3 is 12.1 Å². The molecule has 0 spiro atoms. The molecule has 0 aromatic heterocycles. The molecule has 168 valence electrons. The van der Waals surface area contributed by atoms with Crippen LogP contribution in [0.15, 0.2) is 61.2 Å². The number of rotatable bonds is 6. The molecule has 2 bridgehead atoms. The average molecular weight is 437 g/mol. The van der Waals surface area contributed by atoms with Gasteiger partial charge in [0, 0.05) is 11.3 Å². The number of carbonyl (C=O) groups is 1. The summed E-state index contributed by atoms with van der Waals surface area (Å²) >= 11 is 0. The van der Waals surface area contributed by atoms with E-state index in [0.717, 1.165) is 22.3 Å². The van der Waals surface area contributed by atoms with Gasteiger partial charge in [-0.15, -0.1) is 6.58 Å². The summed E-state index contributed by atoms with van der Waals surface area (Å²) in [6, 6.07) is 15.2. The van der Waals surface area contributed by atoms with E-state index in [9.17, 15) is 9.90 Å². The monoisotopic (exact) mass is 437 g/mol. The van der Waals surface area contributed by atoms with Gasteiger partial charge in [-0.3, -0.25) is 0 Å². The van der Waals surface area contributed by atoms with Gasteiger partial charge in [0.25, 0.3) is 0 Å². The number of nitrogens with one attached hydrogen (secondary N) is 1. The Bertz CT molecular complexity index is 967. The molecule has 3 fully saturated rings. The van der Waals surface area contributed by atoms with E-state index >= 15 is 0 Å². The number of amides is 1. The fraction of sp³-hybridized carbons (Fsp3) is 0.400. The second kappa shape index (κ2) is 8.01. The van der Waals surface area contributed by atoms with Crippen molar-refractivity contribution in [2.24, 2.45) is 5.41 Å². The predicted octanol–water partition coefficient (Wildman–Crippen LogP) is 3.18. The van der Waals surface area contributed by atoms with Crippen molar-refractivity contribution >= 4 is 6.09 Å². The van der Waals surface area contributed by atoms with E-state index in [4.69, 9.17) is 18.9 Å². The Morgan fingerprint density at radius 3 is 2.19 bits per heavy atom. The van der Waals surface area contributed by atoms with Crippen LogP contribution in [0.25, 0.3) is 11.1 Å². The van der Waals surface area contributed by atoms with Gasteiger partial charge in [0.2, 0.25) is 0 Å². The molecular weight excluding hydrogens is 410 g/mol. The molecule has 7 heteroatoms. The summed E-state index contributed by atoms with van der Waals surface area (Å²) in [5.41, 5.74) is 4.31. The van der Waals surface area contributed by atoms with Crippen LogP contribution in [-0.4, -0.2) is 55.7 Å². The number of aliphatic hydroxyl groups excluding tert-OH is 1. The van der Waals surface area contributed by atoms with Crippen molar-refractivity contribution in [3.05, 3.63) is 72.3 Å². The lowest BCUT2D eigenvalue weighted by atomic mass is 9.90. The SMILES string of the molecule is C=C[C@@H](O)[C@H](NC(=O)OCC1c2ccccc2-c2ccccc21)C12OCC(C)(CO1)CO2. The first kappa shape index (κ1) is 21.2. The van der Waals surface area contributed by atoms with Crippen molar-refractivity contribution in [1.82, 2.24) is 5.32 Å². The van der Waals surface area contributed by atoms with E-state index in [-0.39, 0.29) is 17.9 Å². The molecule has 2 N–H and O–H groups in total. The number of fused-ring (bicyclic) bond motifs is 6. The Kier molecular flexibility index (Phi) is 5.29. The Balaban J connectivity index is 1.30. The van der Waals surface area contributed by atoms with Gasteiger partial charge in [-0.25, -0.2) is 4.79 Å². The molecule has 0 unspecified atom stereocenters. The molecule has 2 atom stereocenters. The van der Waals surface area contributed by atoms with Gasteiger partial charge in [0.05, 0.1) is 19.8 Å². The number of benzene rings is 2. The van der Waals surface area contributed by atoms with Crippen molar-refractivity contribution in [3.8, 4) is 11.1 Å². The summed E-state index contributed by atoms with van der Waals surface area (Å²) in [5.74, 6) is -1.64. The smallest absolute Gasteiger partial charge is 0.407 e. The predicted molar refractivity (Wildman–Crippen MR) is 117 cm³/mol. The first-order valence-corrected chi connectivity index (χ1v) is 10.8. The van der Waals surface area contributed by atoms with Crippen LogP contribution in [-0.2, 0) is 18.9 Å². The minimum atomic E-state index is -1.57. The van der Waals surface area contributed by atoms with Gasteiger partial charge in [-0.1, -0.05) is 61.5 Å². The van der Waals surface area contributed by atoms with Crippen LogP contribution in [0, 0.1) is 5.41 Å². The van der Waals surface area contributed by atoms with Gasteiger partial charge in [-0.2, -0.15) is 0 Å². The molecule has 3 aliphatic heterocycles. The maximum absolute atomic E-state index is 12.8. The van der Waals surface area contributed by atoms with Crippen LogP contribution in [0.2, 0.25) is 0 Å². The summed E-state index contributed by atoms with van der Waals surface area (Å²) in [7, 11) is 0. The third-order valence-electron chi connectivity index (χ3n) is 6.45. The fourth-order valence-electron chi connectivity index (χ4n) is 4.63. The van der Waals surface area contributed by atoms with Crippen LogP contribution < -0.4 is 5.32 Å². The number of alkyl carbamates (subject to hydrolysis) is 1. The zero-order valence-corrected chi connectivity index (χ0v) is 18.0. The Hall–Kier alpha value is -2.71. The highest BCUT2D eigenvalue weighted by Gasteiger charge is 2.57. The van der Waals surface area contributed by atoms with Gasteiger partial charge in [-0.05, 0) is 22.3 Å². The van der Waals surface area contributed by atoms with Crippen molar-refractivity contribution < 1.29 is 28.8 Å². The van der Waals surface area contributed by atoms with Crippen LogP contribution in [0.3, 0.4) is 0 Å². The van der Waals surface area contributed by atoms with E-state index < -0.39 is 24.2 Å². The highest BCUT2D eigenvalue weighted by Crippen LogP contribution is 2.44. The summed E-state index contributed by atoms with van der Waals surface area (Å²) in [6.45, 7) is 6.98. The maximum atomic E-state index is 12.8. The molecular formula is C25H27NO6. The molecule has 3 saturated heterocycles. The fourth-order valence-corrected chi connectivity index (χ4v) is 4.63. The lowest BCUT2D eigenvalue weighted by Gasteiger charge is -2.53. The standard InChI is InChI=1S/C25H27NO6/c1-3-21(27)22(25-30-13-24(2,14-31-25)15-32-25)26-23(28)29-12-20-18-10-6-4-8-16(18)17-9-5-7-11-19(17)20/h3-11,20-22,27H,1,12-15H2,2H3,(H,26,28)/t21-,22+,24?,25?/m1/s1. The van der Waals surface area contributed by atoms with E-state index in [2.05, 4.69) is 36.2 Å². The molecule has 0 saturated carbocycles. The largest absolute Gasteiger partial charge is 0.449 e. The van der Waals surface area contributed by atoms with E-state index in [1.54, 1.807) is 0 Å². The molecule has 7 nitrogen and oxygen atoms in total. The number of ether oxygens (including phenoxy) is 4. The zero-order chi connectivity index (χ0) is 22.3. The average Bonchev–Trinajstić information content (AvgIpc) is 3.15. The van der Waals surface area contributed by atoms with Crippen LogP contribution >= 0.6 is 0 Å². The summed E-state index contributed by atoms with van der Waals surface area (Å²) < 4.78 is 23.0. The Morgan fingerprint density at radius 2 is 1.66 bits per heavy atom. The quantitative estimate of drug-likeness (QED) is 0.675. The molecule has 1 amide bonds. The van der Waals surface area contributed by atoms with Crippen molar-refractivity contribution in [3.63, 3.8) is 0 Å². The second-order valence-corrected chi connectivity index (χ2v) is 8.95. The molecule has 2 aromatic rings. The lowest BCUT2D eigenvalue weighted by Crippen LogP contribution is -2.70. The molecule has 3 heterocycles. The van der Waals surface area contributed by atoms with E-state index in [0.29, 0.717) is 19.8 Å². The highest BCUT2D eigenvalue weighted by molar-refractivity contribution is 5.79. The Labute approximate surface area is 186 Å². The van der Waals surface area contributed by atoms with Crippen molar-refractivity contribution in [2.45, 2.75) is 31.0 Å². The van der Waals surface area contributed by atoms with Crippen molar-refractivity contribution in [1.29, 1.82) is 0 Å². The molecule has 6 rings (SSSR count). The molecule has 1 aliphatic carbocycles.